The first-order chi connectivity index (χ1) is 33.8. The molecule has 0 rings (SSSR count). The lowest BCUT2D eigenvalue weighted by molar-refractivity contribution is -0.167. The molecule has 0 saturated carbocycles. The summed E-state index contributed by atoms with van der Waals surface area (Å²) in [4.78, 5) is 38.1. The number of rotatable bonds is 54. The zero-order chi connectivity index (χ0) is 50.8. The smallest absolute Gasteiger partial charge is 0.306 e. The van der Waals surface area contributed by atoms with Crippen molar-refractivity contribution in [3.05, 3.63) is 12.2 Å². The van der Waals surface area contributed by atoms with Gasteiger partial charge in [-0.15, -0.1) is 0 Å². The van der Waals surface area contributed by atoms with E-state index in [1.807, 2.05) is 0 Å². The minimum absolute atomic E-state index is 0.0675. The molecule has 9 nitrogen and oxygen atoms in total. The molecule has 0 amide bonds. The third kappa shape index (κ3) is 60.3. The van der Waals surface area contributed by atoms with Gasteiger partial charge in [0.2, 0.25) is 0 Å². The normalized spacial score (nSPS) is 11.4. The number of hydrogen-bond acceptors (Lipinski definition) is 9. The predicted octanol–water partition coefficient (Wildman–Crippen LogP) is 16.9. The van der Waals surface area contributed by atoms with Crippen LogP contribution in [0.4, 0.5) is 0 Å². The van der Waals surface area contributed by atoms with Gasteiger partial charge < -0.3 is 29.5 Å². The Kier molecular flexibility index (Phi) is 60.4. The van der Waals surface area contributed by atoms with Crippen LogP contribution in [0.2, 0.25) is 0 Å². The second kappa shape index (κ2) is 60.3. The second-order valence-corrected chi connectivity index (χ2v) is 20.2. The van der Waals surface area contributed by atoms with E-state index in [9.17, 15) is 14.4 Å². The van der Waals surface area contributed by atoms with Gasteiger partial charge in [0.15, 0.2) is 6.10 Å². The molecular weight excluding hydrogens is 865 g/mol. The predicted molar refractivity (Wildman–Crippen MR) is 291 cm³/mol. The van der Waals surface area contributed by atoms with Gasteiger partial charge in [-0.2, -0.15) is 0 Å². The summed E-state index contributed by atoms with van der Waals surface area (Å²) in [6.45, 7) is 5.95. The molecule has 0 aliphatic heterocycles. The second-order valence-electron chi connectivity index (χ2n) is 20.2. The van der Waals surface area contributed by atoms with Crippen LogP contribution in [0.1, 0.15) is 316 Å². The van der Waals surface area contributed by atoms with Gasteiger partial charge in [-0.3, -0.25) is 14.4 Å². The molecular formula is C60H116O9. The summed E-state index contributed by atoms with van der Waals surface area (Å²) in [5.74, 6) is -0.853. The fourth-order valence-corrected chi connectivity index (χ4v) is 8.56. The van der Waals surface area contributed by atoms with E-state index in [-0.39, 0.29) is 44.3 Å². The number of hydrogen-bond donors (Lipinski definition) is 3. The van der Waals surface area contributed by atoms with Crippen LogP contribution >= 0.6 is 0 Å². The van der Waals surface area contributed by atoms with E-state index in [0.717, 1.165) is 64.2 Å². The number of carbonyl (C=O) groups excluding carboxylic acids is 3. The van der Waals surface area contributed by atoms with E-state index in [1.54, 1.807) is 0 Å². The van der Waals surface area contributed by atoms with E-state index < -0.39 is 12.2 Å². The lowest BCUT2D eigenvalue weighted by Gasteiger charge is -2.18. The van der Waals surface area contributed by atoms with Crippen LogP contribution in [0.25, 0.3) is 0 Å². The largest absolute Gasteiger partial charge is 0.462 e. The summed E-state index contributed by atoms with van der Waals surface area (Å²) < 4.78 is 16.9. The minimum atomic E-state index is -0.954. The third-order valence-corrected chi connectivity index (χ3v) is 13.2. The Morgan fingerprint density at radius 1 is 0.348 bits per heavy atom. The van der Waals surface area contributed by atoms with Crippen molar-refractivity contribution in [2.24, 2.45) is 0 Å². The van der Waals surface area contributed by atoms with Gasteiger partial charge in [-0.05, 0) is 44.9 Å². The monoisotopic (exact) mass is 981 g/mol. The molecule has 0 unspecified atom stereocenters. The Labute approximate surface area is 427 Å². The molecule has 0 bridgehead atoms. The molecule has 0 spiro atoms. The van der Waals surface area contributed by atoms with Crippen molar-refractivity contribution in [2.45, 2.75) is 328 Å². The van der Waals surface area contributed by atoms with Crippen LogP contribution in [-0.4, -0.2) is 71.9 Å². The molecule has 0 atom stereocenters. The van der Waals surface area contributed by atoms with Crippen molar-refractivity contribution in [2.75, 3.05) is 26.4 Å². The fraction of sp³-hybridized carbons (Fsp3) is 0.917. The average Bonchev–Trinajstić information content (AvgIpc) is 3.35. The van der Waals surface area contributed by atoms with Crippen LogP contribution in [0.3, 0.4) is 0 Å². The van der Waals surface area contributed by atoms with Gasteiger partial charge in [0.1, 0.15) is 19.3 Å². The van der Waals surface area contributed by atoms with Gasteiger partial charge in [0, 0.05) is 19.3 Å². The average molecular weight is 982 g/mol. The summed E-state index contributed by atoms with van der Waals surface area (Å²) in [5.41, 5.74) is 0. The van der Waals surface area contributed by atoms with Crippen molar-refractivity contribution < 1.29 is 43.9 Å². The summed E-state index contributed by atoms with van der Waals surface area (Å²) in [6, 6.07) is 0. The molecule has 0 aromatic heterocycles. The highest BCUT2D eigenvalue weighted by Crippen LogP contribution is 2.17. The van der Waals surface area contributed by atoms with Gasteiger partial charge in [0.25, 0.3) is 0 Å². The van der Waals surface area contributed by atoms with Crippen LogP contribution in [0.5, 0.6) is 0 Å². The summed E-state index contributed by atoms with van der Waals surface area (Å²) in [6.07, 6.45) is 58.1. The van der Waals surface area contributed by atoms with E-state index in [1.165, 1.54) is 212 Å². The Bertz CT molecular complexity index is 1010. The van der Waals surface area contributed by atoms with Crippen LogP contribution in [0, 0.1) is 0 Å². The first-order valence-corrected chi connectivity index (χ1v) is 29.9. The quantitative estimate of drug-likeness (QED) is 0.0235. The van der Waals surface area contributed by atoms with Gasteiger partial charge in [-0.25, -0.2) is 0 Å². The highest BCUT2D eigenvalue weighted by atomic mass is 16.6. The fourth-order valence-electron chi connectivity index (χ4n) is 8.56. The Morgan fingerprint density at radius 2 is 0.580 bits per heavy atom. The van der Waals surface area contributed by atoms with Crippen molar-refractivity contribution in [3.8, 4) is 0 Å². The Morgan fingerprint density at radius 3 is 0.826 bits per heavy atom. The maximum absolute atomic E-state index is 12.8. The molecule has 0 aliphatic carbocycles. The number of esters is 3. The van der Waals surface area contributed by atoms with E-state index in [2.05, 4.69) is 32.9 Å². The highest BCUT2D eigenvalue weighted by molar-refractivity contribution is 5.71. The number of aliphatic hydroxyl groups is 3. The van der Waals surface area contributed by atoms with Gasteiger partial charge in [0.05, 0.1) is 13.2 Å². The van der Waals surface area contributed by atoms with Crippen molar-refractivity contribution in [1.29, 1.82) is 0 Å². The molecule has 0 heterocycles. The minimum Gasteiger partial charge on any atom is -0.462 e. The molecule has 0 saturated heterocycles. The molecule has 69 heavy (non-hydrogen) atoms. The standard InChI is InChI=1S/C57H108O6.C3H8O3/c1-4-7-10-13-16-19-22-25-28-31-34-37-40-43-46-49-55(58)61-52-54(63-57(60)51-48-45-42-39-36-33-30-27-24-21-18-15-12-9-6-3)53-62-56(59)50-47-44-41-38-35-32-29-26-23-20-17-14-11-8-5-2;4-1-3(6)2-5/h27,30,54H,4-26,28-29,31-53H2,1-3H3;3-6H,1-2H2. The van der Waals surface area contributed by atoms with Gasteiger partial charge >= 0.3 is 17.9 Å². The Balaban J connectivity index is 0. The number of unbranched alkanes of at least 4 members (excludes halogenated alkanes) is 39. The molecule has 0 aliphatic rings. The first-order valence-electron chi connectivity index (χ1n) is 29.9. The number of ether oxygens (including phenoxy) is 3. The number of allylic oxidation sites excluding steroid dienone is 2. The topological polar surface area (TPSA) is 140 Å². The maximum atomic E-state index is 12.8. The van der Waals surface area contributed by atoms with Crippen LogP contribution in [0.15, 0.2) is 12.2 Å². The molecule has 0 aromatic rings. The van der Waals surface area contributed by atoms with Gasteiger partial charge in [-0.1, -0.05) is 264 Å². The lowest BCUT2D eigenvalue weighted by Crippen LogP contribution is -2.30. The zero-order valence-electron chi connectivity index (χ0n) is 46.0. The van der Waals surface area contributed by atoms with E-state index in [4.69, 9.17) is 29.5 Å². The summed E-state index contributed by atoms with van der Waals surface area (Å²) in [7, 11) is 0. The zero-order valence-corrected chi connectivity index (χ0v) is 46.0. The SMILES string of the molecule is CCCCCCCCC=CCCCCCCCC(=O)OC(COC(=O)CCCCCCCCCCCCCCCCC)COC(=O)CCCCCCCCCCCCCCCCC.OCC(O)CO. The number of carbonyl (C=O) groups is 3. The molecule has 9 heteroatoms. The lowest BCUT2D eigenvalue weighted by atomic mass is 10.0. The van der Waals surface area contributed by atoms with Crippen molar-refractivity contribution >= 4 is 17.9 Å². The summed E-state index contributed by atoms with van der Waals surface area (Å²) in [5, 5.41) is 24.0. The number of aliphatic hydroxyl groups excluding tert-OH is 3. The van der Waals surface area contributed by atoms with Crippen molar-refractivity contribution in [3.63, 3.8) is 0 Å². The van der Waals surface area contributed by atoms with Crippen LogP contribution in [-0.2, 0) is 28.6 Å². The van der Waals surface area contributed by atoms with E-state index in [0.29, 0.717) is 19.3 Å². The molecule has 0 radical (unpaired) electrons. The Hall–Kier alpha value is -1.97. The third-order valence-electron chi connectivity index (χ3n) is 13.2. The maximum Gasteiger partial charge on any atom is 0.306 e. The summed E-state index contributed by atoms with van der Waals surface area (Å²) >= 11 is 0. The van der Waals surface area contributed by atoms with Crippen molar-refractivity contribution in [1.82, 2.24) is 0 Å². The first kappa shape index (κ1) is 69.1. The molecule has 3 N–H and O–H groups in total. The highest BCUT2D eigenvalue weighted by Gasteiger charge is 2.19. The van der Waals surface area contributed by atoms with E-state index >= 15 is 0 Å². The molecule has 0 aromatic carbocycles. The van der Waals surface area contributed by atoms with Crippen LogP contribution < -0.4 is 0 Å². The molecule has 410 valence electrons. The molecule has 0 fully saturated rings.